The number of carbonyl (C=O) groups is 1. The summed E-state index contributed by atoms with van der Waals surface area (Å²) in [6.45, 7) is 8.12. The van der Waals surface area contributed by atoms with E-state index in [2.05, 4.69) is 34.5 Å². The van der Waals surface area contributed by atoms with Gasteiger partial charge in [-0.25, -0.2) is 14.5 Å². The third kappa shape index (κ3) is 5.42. The molecule has 1 aromatic heterocycles. The van der Waals surface area contributed by atoms with Crippen molar-refractivity contribution in [3.63, 3.8) is 0 Å². The Hall–Kier alpha value is -3.15. The van der Waals surface area contributed by atoms with E-state index in [-0.39, 0.29) is 0 Å². The molecule has 3 aromatic rings. The molecule has 28 heavy (non-hydrogen) atoms. The molecule has 0 saturated heterocycles. The lowest BCUT2D eigenvalue weighted by Gasteiger charge is -2.19. The summed E-state index contributed by atoms with van der Waals surface area (Å²) < 4.78 is 7.00. The summed E-state index contributed by atoms with van der Waals surface area (Å²) in [5.41, 5.74) is 3.78. The van der Waals surface area contributed by atoms with Crippen LogP contribution in [-0.2, 0) is 11.2 Å². The molecule has 0 spiro atoms. The molecular weight excluding hydrogens is 352 g/mol. The van der Waals surface area contributed by atoms with Gasteiger partial charge in [0.2, 0.25) is 0 Å². The van der Waals surface area contributed by atoms with E-state index in [0.29, 0.717) is 12.4 Å². The lowest BCUT2D eigenvalue weighted by molar-refractivity contribution is 0.0528. The maximum atomic E-state index is 11.7. The van der Waals surface area contributed by atoms with E-state index >= 15 is 0 Å². The van der Waals surface area contributed by atoms with Gasteiger partial charge in [0.1, 0.15) is 11.9 Å². The van der Waals surface area contributed by atoms with Crippen molar-refractivity contribution in [2.75, 3.05) is 6.54 Å². The third-order valence-corrected chi connectivity index (χ3v) is 4.08. The number of ether oxygens (including phenoxy) is 1. The van der Waals surface area contributed by atoms with Gasteiger partial charge >= 0.3 is 6.09 Å². The van der Waals surface area contributed by atoms with Crippen molar-refractivity contribution in [2.24, 2.45) is 0 Å². The normalized spacial score (nSPS) is 11.3. The topological polar surface area (TPSA) is 69.0 Å². The Kier molecular flexibility index (Phi) is 5.78. The molecule has 0 saturated carbocycles. The number of hydrogen-bond donors (Lipinski definition) is 1. The molecule has 1 amide bonds. The highest BCUT2D eigenvalue weighted by molar-refractivity contribution is 5.67. The summed E-state index contributed by atoms with van der Waals surface area (Å²) in [4.78, 5) is 16.1. The molecule has 0 aliphatic rings. The molecule has 0 unspecified atom stereocenters. The maximum absolute atomic E-state index is 11.7. The Bertz CT molecular complexity index is 922. The van der Waals surface area contributed by atoms with Crippen molar-refractivity contribution in [2.45, 2.75) is 39.7 Å². The minimum atomic E-state index is -0.485. The molecule has 0 aliphatic carbocycles. The van der Waals surface area contributed by atoms with E-state index in [1.165, 1.54) is 5.56 Å². The lowest BCUT2D eigenvalue weighted by Crippen LogP contribution is -2.33. The van der Waals surface area contributed by atoms with Crippen molar-refractivity contribution in [1.82, 2.24) is 20.1 Å². The molecule has 1 heterocycles. The van der Waals surface area contributed by atoms with E-state index in [1.54, 1.807) is 11.0 Å². The predicted molar refractivity (Wildman–Crippen MR) is 109 cm³/mol. The molecule has 0 radical (unpaired) electrons. The number of aromatic nitrogens is 3. The highest BCUT2D eigenvalue weighted by atomic mass is 16.6. The number of amides is 1. The molecule has 3 rings (SSSR count). The Labute approximate surface area is 165 Å². The van der Waals surface area contributed by atoms with Crippen LogP contribution in [0.2, 0.25) is 0 Å². The van der Waals surface area contributed by atoms with Gasteiger partial charge in [-0.1, -0.05) is 42.0 Å². The summed E-state index contributed by atoms with van der Waals surface area (Å²) >= 11 is 0. The van der Waals surface area contributed by atoms with E-state index < -0.39 is 11.7 Å². The Morgan fingerprint density at radius 3 is 2.39 bits per heavy atom. The zero-order chi connectivity index (χ0) is 20.1. The van der Waals surface area contributed by atoms with Crippen molar-refractivity contribution >= 4 is 6.09 Å². The van der Waals surface area contributed by atoms with Crippen LogP contribution in [0.3, 0.4) is 0 Å². The van der Waals surface area contributed by atoms with Crippen molar-refractivity contribution < 1.29 is 9.53 Å². The smallest absolute Gasteiger partial charge is 0.407 e. The SMILES string of the molecule is Cc1ccc(-n2cnc(-c3ccc(CCNC(=O)OC(C)(C)C)cc3)n2)cc1. The molecule has 6 heteroatoms. The van der Waals surface area contributed by atoms with Crippen molar-refractivity contribution in [3.8, 4) is 17.1 Å². The molecule has 1 N–H and O–H groups in total. The van der Waals surface area contributed by atoms with Crippen LogP contribution < -0.4 is 5.32 Å². The Morgan fingerprint density at radius 2 is 1.75 bits per heavy atom. The van der Waals surface area contributed by atoms with Gasteiger partial charge in [-0.3, -0.25) is 0 Å². The van der Waals surface area contributed by atoms with E-state index in [0.717, 1.165) is 23.2 Å². The highest BCUT2D eigenvalue weighted by Crippen LogP contribution is 2.17. The van der Waals surface area contributed by atoms with Gasteiger partial charge in [0.25, 0.3) is 0 Å². The van der Waals surface area contributed by atoms with Crippen LogP contribution in [0.15, 0.2) is 54.9 Å². The summed E-state index contributed by atoms with van der Waals surface area (Å²) in [6, 6.07) is 16.2. The molecule has 0 fully saturated rings. The minimum Gasteiger partial charge on any atom is -0.444 e. The van der Waals surface area contributed by atoms with Crippen LogP contribution in [0, 0.1) is 6.92 Å². The Morgan fingerprint density at radius 1 is 1.07 bits per heavy atom. The molecular formula is C22H26N4O2. The Balaban J connectivity index is 1.57. The number of carbonyl (C=O) groups excluding carboxylic acids is 1. The van der Waals surface area contributed by atoms with Crippen LogP contribution in [0.1, 0.15) is 31.9 Å². The second kappa shape index (κ2) is 8.25. The van der Waals surface area contributed by atoms with Gasteiger partial charge in [-0.05, 0) is 51.8 Å². The minimum absolute atomic E-state index is 0.394. The van der Waals surface area contributed by atoms with Gasteiger partial charge in [0.15, 0.2) is 5.82 Å². The molecule has 0 aliphatic heterocycles. The number of benzene rings is 2. The first-order chi connectivity index (χ1) is 13.3. The first-order valence-electron chi connectivity index (χ1n) is 9.35. The van der Waals surface area contributed by atoms with Gasteiger partial charge in [-0.2, -0.15) is 0 Å². The van der Waals surface area contributed by atoms with Crippen LogP contribution in [0.25, 0.3) is 17.1 Å². The highest BCUT2D eigenvalue weighted by Gasteiger charge is 2.15. The zero-order valence-electron chi connectivity index (χ0n) is 16.8. The summed E-state index contributed by atoms with van der Waals surface area (Å²) in [5, 5.41) is 7.33. The van der Waals surface area contributed by atoms with Gasteiger partial charge in [0.05, 0.1) is 5.69 Å². The van der Waals surface area contributed by atoms with Gasteiger partial charge < -0.3 is 10.1 Å². The second-order valence-electron chi connectivity index (χ2n) is 7.72. The number of nitrogens with zero attached hydrogens (tertiary/aromatic N) is 3. The van der Waals surface area contributed by atoms with Crippen LogP contribution in [-0.4, -0.2) is 33.0 Å². The summed E-state index contributed by atoms with van der Waals surface area (Å²) in [6.07, 6.45) is 2.05. The molecule has 0 bridgehead atoms. The van der Waals surface area contributed by atoms with Crippen LogP contribution in [0.5, 0.6) is 0 Å². The second-order valence-corrected chi connectivity index (χ2v) is 7.72. The van der Waals surface area contributed by atoms with Crippen LogP contribution in [0.4, 0.5) is 4.79 Å². The molecule has 0 atom stereocenters. The quantitative estimate of drug-likeness (QED) is 0.718. The fourth-order valence-corrected chi connectivity index (χ4v) is 2.66. The number of rotatable bonds is 5. The van der Waals surface area contributed by atoms with E-state index in [4.69, 9.17) is 4.74 Å². The average Bonchev–Trinajstić information content (AvgIpc) is 3.11. The van der Waals surface area contributed by atoms with E-state index in [9.17, 15) is 4.79 Å². The van der Waals surface area contributed by atoms with Gasteiger partial charge in [0, 0.05) is 12.1 Å². The van der Waals surface area contributed by atoms with Gasteiger partial charge in [-0.15, -0.1) is 5.10 Å². The maximum Gasteiger partial charge on any atom is 0.407 e. The number of hydrogen-bond acceptors (Lipinski definition) is 4. The largest absolute Gasteiger partial charge is 0.444 e. The number of aryl methyl sites for hydroxylation is 1. The van der Waals surface area contributed by atoms with E-state index in [1.807, 2.05) is 57.2 Å². The fourth-order valence-electron chi connectivity index (χ4n) is 2.66. The first-order valence-corrected chi connectivity index (χ1v) is 9.35. The summed E-state index contributed by atoms with van der Waals surface area (Å²) in [5.74, 6) is 0.680. The summed E-state index contributed by atoms with van der Waals surface area (Å²) in [7, 11) is 0. The zero-order valence-corrected chi connectivity index (χ0v) is 16.8. The third-order valence-electron chi connectivity index (χ3n) is 4.08. The first kappa shape index (κ1) is 19.6. The van der Waals surface area contributed by atoms with Crippen molar-refractivity contribution in [3.05, 3.63) is 66.0 Å². The molecule has 2 aromatic carbocycles. The van der Waals surface area contributed by atoms with Crippen molar-refractivity contribution in [1.29, 1.82) is 0 Å². The average molecular weight is 378 g/mol. The predicted octanol–water partition coefficient (Wildman–Crippen LogP) is 4.31. The van der Waals surface area contributed by atoms with Crippen LogP contribution >= 0.6 is 0 Å². The lowest BCUT2D eigenvalue weighted by atomic mass is 10.1. The molecule has 146 valence electrons. The number of nitrogens with one attached hydrogen (secondary N) is 1. The molecule has 6 nitrogen and oxygen atoms in total. The standard InChI is InChI=1S/C22H26N4O2/c1-16-5-11-19(12-6-16)26-15-24-20(25-26)18-9-7-17(8-10-18)13-14-23-21(27)28-22(2,3)4/h5-12,15H,13-14H2,1-4H3,(H,23,27). The number of alkyl carbamates (subject to hydrolysis) is 1. The fraction of sp³-hybridized carbons (Fsp3) is 0.318. The monoisotopic (exact) mass is 378 g/mol.